The number of pyridine rings is 1. The SMILES string of the molecule is Fc1cc(Cl)cnc1Nc1ccc2c(c1)CCCN2. The zero-order valence-corrected chi connectivity index (χ0v) is 11.0. The van der Waals surface area contributed by atoms with Gasteiger partial charge in [-0.3, -0.25) is 0 Å². The van der Waals surface area contributed by atoms with Gasteiger partial charge in [-0.2, -0.15) is 0 Å². The highest BCUT2D eigenvalue weighted by molar-refractivity contribution is 6.30. The van der Waals surface area contributed by atoms with Crippen molar-refractivity contribution in [3.8, 4) is 0 Å². The van der Waals surface area contributed by atoms with Crippen LogP contribution in [-0.2, 0) is 6.42 Å². The first-order valence-electron chi connectivity index (χ1n) is 6.17. The van der Waals surface area contributed by atoms with Gasteiger partial charge in [0, 0.05) is 24.1 Å². The van der Waals surface area contributed by atoms with Crippen LogP contribution in [0.25, 0.3) is 0 Å². The van der Waals surface area contributed by atoms with Gasteiger partial charge in [0.05, 0.1) is 5.02 Å². The molecular formula is C14H13ClFN3. The van der Waals surface area contributed by atoms with E-state index >= 15 is 0 Å². The Morgan fingerprint density at radius 1 is 1.32 bits per heavy atom. The van der Waals surface area contributed by atoms with Crippen molar-refractivity contribution in [1.82, 2.24) is 4.98 Å². The Morgan fingerprint density at radius 2 is 2.21 bits per heavy atom. The van der Waals surface area contributed by atoms with Gasteiger partial charge < -0.3 is 10.6 Å². The molecule has 1 aliphatic heterocycles. The fraction of sp³-hybridized carbons (Fsp3) is 0.214. The molecule has 0 atom stereocenters. The Bertz CT molecular complexity index is 616. The Morgan fingerprint density at radius 3 is 3.05 bits per heavy atom. The van der Waals surface area contributed by atoms with Crippen LogP contribution in [0.15, 0.2) is 30.5 Å². The molecule has 98 valence electrons. The highest BCUT2D eigenvalue weighted by Gasteiger charge is 2.10. The molecule has 0 unspecified atom stereocenters. The Kier molecular flexibility index (Phi) is 3.25. The number of benzene rings is 1. The number of rotatable bonds is 2. The van der Waals surface area contributed by atoms with Crippen LogP contribution in [0.5, 0.6) is 0 Å². The minimum absolute atomic E-state index is 0.188. The normalized spacial score (nSPS) is 13.6. The number of hydrogen-bond donors (Lipinski definition) is 2. The molecule has 5 heteroatoms. The van der Waals surface area contributed by atoms with Crippen molar-refractivity contribution in [2.24, 2.45) is 0 Å². The fourth-order valence-electron chi connectivity index (χ4n) is 2.20. The molecule has 0 saturated heterocycles. The van der Waals surface area contributed by atoms with Crippen LogP contribution in [-0.4, -0.2) is 11.5 Å². The molecule has 0 amide bonds. The maximum atomic E-state index is 13.7. The molecule has 0 saturated carbocycles. The molecule has 0 bridgehead atoms. The minimum atomic E-state index is -0.455. The molecule has 2 aromatic rings. The maximum Gasteiger partial charge on any atom is 0.167 e. The molecule has 0 fully saturated rings. The Balaban J connectivity index is 1.87. The monoisotopic (exact) mass is 277 g/mol. The summed E-state index contributed by atoms with van der Waals surface area (Å²) in [6.07, 6.45) is 3.57. The van der Waals surface area contributed by atoms with E-state index < -0.39 is 5.82 Å². The van der Waals surface area contributed by atoms with Gasteiger partial charge >= 0.3 is 0 Å². The summed E-state index contributed by atoms with van der Waals surface area (Å²) in [6, 6.07) is 7.19. The van der Waals surface area contributed by atoms with Crippen LogP contribution >= 0.6 is 11.6 Å². The number of aromatic nitrogens is 1. The van der Waals surface area contributed by atoms with Crippen LogP contribution in [0.4, 0.5) is 21.6 Å². The first-order chi connectivity index (χ1) is 9.22. The molecule has 1 aromatic heterocycles. The van der Waals surface area contributed by atoms with Gasteiger partial charge in [0.1, 0.15) is 0 Å². The summed E-state index contributed by atoms with van der Waals surface area (Å²) in [7, 11) is 0. The van der Waals surface area contributed by atoms with E-state index in [9.17, 15) is 4.39 Å². The van der Waals surface area contributed by atoms with Crippen molar-refractivity contribution >= 4 is 28.8 Å². The zero-order valence-electron chi connectivity index (χ0n) is 10.2. The van der Waals surface area contributed by atoms with Crippen LogP contribution in [0.2, 0.25) is 5.02 Å². The summed E-state index contributed by atoms with van der Waals surface area (Å²) >= 11 is 5.68. The van der Waals surface area contributed by atoms with E-state index in [0.29, 0.717) is 0 Å². The molecule has 1 aliphatic rings. The van der Waals surface area contributed by atoms with Gasteiger partial charge in [0.2, 0.25) is 0 Å². The standard InChI is InChI=1S/C14H13ClFN3/c15-10-7-12(16)14(18-8-10)19-11-3-4-13-9(6-11)2-1-5-17-13/h3-4,6-8,17H,1-2,5H2,(H,18,19). The van der Waals surface area contributed by atoms with Crippen LogP contribution in [0, 0.1) is 5.82 Å². The quantitative estimate of drug-likeness (QED) is 0.872. The third kappa shape index (κ3) is 2.63. The van der Waals surface area contributed by atoms with E-state index in [0.717, 1.165) is 30.8 Å². The van der Waals surface area contributed by atoms with Gasteiger partial charge in [0.15, 0.2) is 11.6 Å². The van der Waals surface area contributed by atoms with Crippen molar-refractivity contribution in [3.05, 3.63) is 46.9 Å². The second kappa shape index (κ2) is 5.05. The molecule has 3 nitrogen and oxygen atoms in total. The number of fused-ring (bicyclic) bond motifs is 1. The smallest absolute Gasteiger partial charge is 0.167 e. The lowest BCUT2D eigenvalue weighted by Crippen LogP contribution is -2.11. The van der Waals surface area contributed by atoms with Gasteiger partial charge in [-0.05, 0) is 42.7 Å². The van der Waals surface area contributed by atoms with E-state index in [1.54, 1.807) is 0 Å². The summed E-state index contributed by atoms with van der Waals surface area (Å²) in [5.41, 5.74) is 3.23. The summed E-state index contributed by atoms with van der Waals surface area (Å²) < 4.78 is 13.7. The molecule has 1 aromatic carbocycles. The van der Waals surface area contributed by atoms with Crippen LogP contribution in [0.3, 0.4) is 0 Å². The summed E-state index contributed by atoms with van der Waals surface area (Å²) in [4.78, 5) is 3.95. The van der Waals surface area contributed by atoms with E-state index in [2.05, 4.69) is 15.6 Å². The molecule has 2 N–H and O–H groups in total. The lowest BCUT2D eigenvalue weighted by atomic mass is 10.0. The predicted octanol–water partition coefficient (Wildman–Crippen LogP) is 3.98. The highest BCUT2D eigenvalue weighted by atomic mass is 35.5. The van der Waals surface area contributed by atoms with E-state index in [4.69, 9.17) is 11.6 Å². The molecule has 0 aliphatic carbocycles. The molecule has 0 spiro atoms. The van der Waals surface area contributed by atoms with Gasteiger partial charge in [-0.15, -0.1) is 0 Å². The molecule has 3 rings (SSSR count). The molecule has 0 radical (unpaired) electrons. The largest absolute Gasteiger partial charge is 0.385 e. The third-order valence-corrected chi connectivity index (χ3v) is 3.32. The Hall–Kier alpha value is -1.81. The summed E-state index contributed by atoms with van der Waals surface area (Å²) in [5, 5.41) is 6.60. The van der Waals surface area contributed by atoms with E-state index in [1.165, 1.54) is 17.8 Å². The number of halogens is 2. The van der Waals surface area contributed by atoms with Gasteiger partial charge in [-0.1, -0.05) is 11.6 Å². The third-order valence-electron chi connectivity index (χ3n) is 3.11. The average molecular weight is 278 g/mol. The van der Waals surface area contributed by atoms with E-state index in [-0.39, 0.29) is 10.8 Å². The van der Waals surface area contributed by atoms with Gasteiger partial charge in [-0.25, -0.2) is 9.37 Å². The Labute approximate surface area is 115 Å². The lowest BCUT2D eigenvalue weighted by Gasteiger charge is -2.19. The summed E-state index contributed by atoms with van der Waals surface area (Å²) in [5.74, 6) is -0.267. The second-order valence-electron chi connectivity index (χ2n) is 4.51. The fourth-order valence-corrected chi connectivity index (χ4v) is 2.34. The predicted molar refractivity (Wildman–Crippen MR) is 75.7 cm³/mol. The molecule has 2 heterocycles. The number of hydrogen-bond acceptors (Lipinski definition) is 3. The number of nitrogens with one attached hydrogen (secondary N) is 2. The van der Waals surface area contributed by atoms with Gasteiger partial charge in [0.25, 0.3) is 0 Å². The maximum absolute atomic E-state index is 13.7. The first kappa shape index (κ1) is 12.2. The highest BCUT2D eigenvalue weighted by Crippen LogP contribution is 2.27. The van der Waals surface area contributed by atoms with Crippen molar-refractivity contribution in [2.45, 2.75) is 12.8 Å². The average Bonchev–Trinajstić information content (AvgIpc) is 2.42. The molecular weight excluding hydrogens is 265 g/mol. The number of nitrogens with zero attached hydrogens (tertiary/aromatic N) is 1. The lowest BCUT2D eigenvalue weighted by molar-refractivity contribution is 0.626. The van der Waals surface area contributed by atoms with Crippen molar-refractivity contribution < 1.29 is 4.39 Å². The van der Waals surface area contributed by atoms with E-state index in [1.807, 2.05) is 18.2 Å². The first-order valence-corrected chi connectivity index (χ1v) is 6.55. The second-order valence-corrected chi connectivity index (χ2v) is 4.95. The number of anilines is 3. The van der Waals surface area contributed by atoms with Crippen molar-refractivity contribution in [2.75, 3.05) is 17.2 Å². The van der Waals surface area contributed by atoms with Crippen LogP contribution < -0.4 is 10.6 Å². The summed E-state index contributed by atoms with van der Waals surface area (Å²) in [6.45, 7) is 1.01. The number of aryl methyl sites for hydroxylation is 1. The van der Waals surface area contributed by atoms with Crippen molar-refractivity contribution in [1.29, 1.82) is 0 Å². The minimum Gasteiger partial charge on any atom is -0.385 e. The topological polar surface area (TPSA) is 37.0 Å². The van der Waals surface area contributed by atoms with Crippen molar-refractivity contribution in [3.63, 3.8) is 0 Å². The zero-order chi connectivity index (χ0) is 13.2. The molecule has 19 heavy (non-hydrogen) atoms. The van der Waals surface area contributed by atoms with Crippen LogP contribution in [0.1, 0.15) is 12.0 Å².